The van der Waals surface area contributed by atoms with Crippen molar-refractivity contribution in [1.29, 1.82) is 0 Å². The maximum absolute atomic E-state index is 17.3. The van der Waals surface area contributed by atoms with Crippen LogP contribution in [0.1, 0.15) is 63.4 Å². The first kappa shape index (κ1) is 35.7. The van der Waals surface area contributed by atoms with Gasteiger partial charge >= 0.3 is 6.01 Å². The van der Waals surface area contributed by atoms with Gasteiger partial charge in [-0.25, -0.2) is 13.8 Å². The summed E-state index contributed by atoms with van der Waals surface area (Å²) in [6.07, 6.45) is 15.4. The van der Waals surface area contributed by atoms with E-state index in [0.717, 1.165) is 84.1 Å². The molecule has 3 saturated heterocycles. The molecule has 10 nitrogen and oxygen atoms in total. The molecule has 12 heteroatoms. The average molecular weight is 727 g/mol. The minimum absolute atomic E-state index is 0.0225. The lowest BCUT2D eigenvalue weighted by atomic mass is 9.74. The van der Waals surface area contributed by atoms with Crippen LogP contribution in [0.2, 0.25) is 0 Å². The number of aromatic hydroxyl groups is 1. The van der Waals surface area contributed by atoms with Crippen molar-refractivity contribution in [2.24, 2.45) is 11.3 Å². The number of pyridine rings is 1. The van der Waals surface area contributed by atoms with Crippen LogP contribution in [-0.2, 0) is 4.74 Å². The van der Waals surface area contributed by atoms with Crippen LogP contribution < -0.4 is 19.7 Å². The summed E-state index contributed by atoms with van der Waals surface area (Å²) in [5.74, 6) is 1.84. The van der Waals surface area contributed by atoms with Gasteiger partial charge in [0.2, 0.25) is 5.88 Å². The molecule has 5 heterocycles. The number of hydrogen-bond acceptors (Lipinski definition) is 10. The molecule has 2 aromatic heterocycles. The number of terminal acetylenes is 1. The molecular weight excluding hydrogens is 678 g/mol. The summed E-state index contributed by atoms with van der Waals surface area (Å²) in [5.41, 5.74) is -0.169. The Hall–Kier alpha value is -4.31. The summed E-state index contributed by atoms with van der Waals surface area (Å²) in [4.78, 5) is 19.3. The molecule has 0 bridgehead atoms. The van der Waals surface area contributed by atoms with E-state index < -0.39 is 11.6 Å². The number of fused-ring (bicyclic) bond motifs is 3. The topological polar surface area (TPSA) is 105 Å². The van der Waals surface area contributed by atoms with Gasteiger partial charge in [0.1, 0.15) is 34.0 Å². The van der Waals surface area contributed by atoms with Gasteiger partial charge in [0, 0.05) is 54.8 Å². The third-order valence-electron chi connectivity index (χ3n) is 12.2. The van der Waals surface area contributed by atoms with E-state index in [1.807, 2.05) is 7.05 Å². The molecule has 3 atom stereocenters. The lowest BCUT2D eigenvalue weighted by molar-refractivity contribution is -0.0511. The summed E-state index contributed by atoms with van der Waals surface area (Å²) in [5, 5.41) is 15.1. The number of methoxy groups -OCH3 is 1. The number of aromatic nitrogens is 3. The molecule has 4 aromatic rings. The number of hydrogen-bond donors (Lipinski definition) is 2. The van der Waals surface area contributed by atoms with E-state index >= 15 is 8.78 Å². The van der Waals surface area contributed by atoms with Gasteiger partial charge in [0.15, 0.2) is 5.82 Å². The van der Waals surface area contributed by atoms with E-state index in [9.17, 15) is 5.11 Å². The van der Waals surface area contributed by atoms with Gasteiger partial charge in [0.25, 0.3) is 0 Å². The van der Waals surface area contributed by atoms with Crippen molar-refractivity contribution in [3.8, 4) is 41.2 Å². The standard InChI is InChI=1S/C41H48F2N6O4/c1-4-29-31(42)11-10-26-20-28(50)21-30(33(26)29)36-35(43)37-34(39(45-36)51-3)38(48-16-6-8-25(23-48)22-44-2)47-40(46-37)53-24-41-14-5-9-32(41)49(17-7-15-41)27-12-18-52-19-13-27/h1,10-11,20-21,25,27,32,44,50H,5-9,12-19,22-24H2,2-3H3. The van der Waals surface area contributed by atoms with Gasteiger partial charge in [-0.3, -0.25) is 4.90 Å². The van der Waals surface area contributed by atoms with Crippen LogP contribution in [0.25, 0.3) is 32.9 Å². The smallest absolute Gasteiger partial charge is 0.319 e. The van der Waals surface area contributed by atoms with Gasteiger partial charge in [-0.2, -0.15) is 9.97 Å². The molecule has 3 aliphatic heterocycles. The molecule has 0 spiro atoms. The largest absolute Gasteiger partial charge is 0.508 e. The molecule has 0 radical (unpaired) electrons. The van der Waals surface area contributed by atoms with Crippen molar-refractivity contribution in [2.45, 2.75) is 69.9 Å². The van der Waals surface area contributed by atoms with E-state index in [0.29, 0.717) is 54.3 Å². The maximum Gasteiger partial charge on any atom is 0.319 e. The average Bonchev–Trinajstić information content (AvgIpc) is 3.62. The number of piperidine rings is 2. The fourth-order valence-electron chi connectivity index (χ4n) is 9.79. The number of ether oxygens (including phenoxy) is 3. The predicted octanol–water partition coefficient (Wildman–Crippen LogP) is 6.45. The molecule has 2 aromatic carbocycles. The Labute approximate surface area is 309 Å². The Morgan fingerprint density at radius 2 is 1.87 bits per heavy atom. The van der Waals surface area contributed by atoms with Crippen molar-refractivity contribution in [2.75, 3.05) is 65.1 Å². The number of halogens is 2. The third kappa shape index (κ3) is 6.51. The fraction of sp³-hybridized carbons (Fsp3) is 0.537. The monoisotopic (exact) mass is 726 g/mol. The number of nitrogens with one attached hydrogen (secondary N) is 1. The van der Waals surface area contributed by atoms with Crippen LogP contribution >= 0.6 is 0 Å². The Bertz CT molecular complexity index is 2050. The highest BCUT2D eigenvalue weighted by Gasteiger charge is 2.50. The van der Waals surface area contributed by atoms with Crippen molar-refractivity contribution in [3.63, 3.8) is 0 Å². The Balaban J connectivity index is 1.25. The number of benzene rings is 2. The first-order valence-electron chi connectivity index (χ1n) is 19.1. The molecule has 53 heavy (non-hydrogen) atoms. The Kier molecular flexibility index (Phi) is 10.00. The molecule has 2 N–H and O–H groups in total. The molecule has 280 valence electrons. The number of rotatable bonds is 9. The second-order valence-corrected chi connectivity index (χ2v) is 15.3. The minimum atomic E-state index is -0.766. The summed E-state index contributed by atoms with van der Waals surface area (Å²) >= 11 is 0. The number of nitrogens with zero attached hydrogens (tertiary/aromatic N) is 5. The quantitative estimate of drug-likeness (QED) is 0.187. The van der Waals surface area contributed by atoms with Crippen LogP contribution in [-0.4, -0.2) is 97.2 Å². The second-order valence-electron chi connectivity index (χ2n) is 15.3. The van der Waals surface area contributed by atoms with Crippen LogP contribution in [0.15, 0.2) is 24.3 Å². The lowest BCUT2D eigenvalue weighted by Gasteiger charge is -2.50. The first-order valence-corrected chi connectivity index (χ1v) is 19.1. The minimum Gasteiger partial charge on any atom is -0.508 e. The van der Waals surface area contributed by atoms with E-state index in [1.165, 1.54) is 31.4 Å². The predicted molar refractivity (Wildman–Crippen MR) is 201 cm³/mol. The van der Waals surface area contributed by atoms with Gasteiger partial charge in [-0.15, -0.1) is 6.42 Å². The molecule has 1 saturated carbocycles. The Morgan fingerprint density at radius 1 is 1.04 bits per heavy atom. The maximum atomic E-state index is 17.3. The highest BCUT2D eigenvalue weighted by molar-refractivity contribution is 6.04. The van der Waals surface area contributed by atoms with Gasteiger partial charge < -0.3 is 29.5 Å². The fourth-order valence-corrected chi connectivity index (χ4v) is 9.79. The zero-order chi connectivity index (χ0) is 36.7. The van der Waals surface area contributed by atoms with Crippen molar-refractivity contribution in [3.05, 3.63) is 41.5 Å². The van der Waals surface area contributed by atoms with E-state index in [-0.39, 0.29) is 50.8 Å². The molecule has 1 aliphatic carbocycles. The highest BCUT2D eigenvalue weighted by atomic mass is 19.1. The number of likely N-dealkylation sites (tertiary alicyclic amines) is 1. The third-order valence-corrected chi connectivity index (χ3v) is 12.2. The number of anilines is 1. The summed E-state index contributed by atoms with van der Waals surface area (Å²) < 4.78 is 50.6. The van der Waals surface area contributed by atoms with Crippen molar-refractivity contribution in [1.82, 2.24) is 25.2 Å². The van der Waals surface area contributed by atoms with Crippen LogP contribution in [0.5, 0.6) is 17.6 Å². The lowest BCUT2D eigenvalue weighted by Crippen LogP contribution is -2.56. The summed E-state index contributed by atoms with van der Waals surface area (Å²) in [6, 6.07) is 6.56. The zero-order valence-electron chi connectivity index (χ0n) is 30.6. The van der Waals surface area contributed by atoms with Crippen molar-refractivity contribution < 1.29 is 28.1 Å². The number of phenolic OH excluding ortho intramolecular Hbond substituents is 1. The SMILES string of the molecule is C#Cc1c(F)ccc2cc(O)cc(-c3nc(OC)c4c(N5CCCC(CNC)C5)nc(OCC56CCCC5N(C5CCOCC5)CCC6)nc4c3F)c12. The molecule has 0 amide bonds. The molecular formula is C41H48F2N6O4. The summed E-state index contributed by atoms with van der Waals surface area (Å²) in [6.45, 7) is 5.39. The molecule has 8 rings (SSSR count). The van der Waals surface area contributed by atoms with Crippen LogP contribution in [0, 0.1) is 35.3 Å². The van der Waals surface area contributed by atoms with E-state index in [4.69, 9.17) is 30.6 Å². The Morgan fingerprint density at radius 3 is 2.66 bits per heavy atom. The van der Waals surface area contributed by atoms with Crippen LogP contribution in [0.3, 0.4) is 0 Å². The first-order chi connectivity index (χ1) is 25.8. The zero-order valence-corrected chi connectivity index (χ0v) is 30.6. The number of phenols is 1. The van der Waals surface area contributed by atoms with E-state index in [1.54, 1.807) is 0 Å². The second kappa shape index (κ2) is 14.8. The van der Waals surface area contributed by atoms with Gasteiger partial charge in [0.05, 0.1) is 19.3 Å². The molecule has 3 unspecified atom stereocenters. The molecule has 4 fully saturated rings. The van der Waals surface area contributed by atoms with Gasteiger partial charge in [-0.1, -0.05) is 18.4 Å². The van der Waals surface area contributed by atoms with Gasteiger partial charge in [-0.05, 0) is 101 Å². The highest BCUT2D eigenvalue weighted by Crippen LogP contribution is 2.50. The van der Waals surface area contributed by atoms with Crippen LogP contribution in [0.4, 0.5) is 14.6 Å². The molecule has 4 aliphatic rings. The normalized spacial score (nSPS) is 24.0. The van der Waals surface area contributed by atoms with Crippen molar-refractivity contribution >= 4 is 27.5 Å². The van der Waals surface area contributed by atoms with E-state index in [2.05, 4.69) is 26.0 Å². The summed E-state index contributed by atoms with van der Waals surface area (Å²) in [7, 11) is 3.42.